The summed E-state index contributed by atoms with van der Waals surface area (Å²) in [5.41, 5.74) is -5.11. The van der Waals surface area contributed by atoms with Crippen molar-refractivity contribution in [3.05, 3.63) is 29.1 Å². The van der Waals surface area contributed by atoms with Crippen LogP contribution in [0.5, 0.6) is 0 Å². The molecule has 0 fully saturated rings. The van der Waals surface area contributed by atoms with Gasteiger partial charge in [-0.25, -0.2) is 13.2 Å². The molecule has 0 aliphatic rings. The molecule has 7 heteroatoms. The Hall–Kier alpha value is -0.850. The molecule has 0 atom stereocenters. The summed E-state index contributed by atoms with van der Waals surface area (Å²) in [6, 6.07) is 0.617. The lowest BCUT2D eigenvalue weighted by atomic mass is 10.2. The molecule has 0 unspecified atom stereocenters. The van der Waals surface area contributed by atoms with E-state index in [0.29, 0.717) is 6.07 Å². The fraction of sp³-hybridized carbons (Fsp3) is 0.250. The molecule has 0 bridgehead atoms. The summed E-state index contributed by atoms with van der Waals surface area (Å²) in [6.07, 6.45) is 0. The van der Waals surface area contributed by atoms with E-state index in [1.54, 1.807) is 0 Å². The van der Waals surface area contributed by atoms with Crippen molar-refractivity contribution in [1.29, 1.82) is 0 Å². The maximum Gasteiger partial charge on any atom is 0.446 e. The van der Waals surface area contributed by atoms with E-state index in [2.05, 4.69) is 0 Å². The molecule has 1 rings (SSSR count). The van der Waals surface area contributed by atoms with E-state index >= 15 is 0 Å². The fourth-order valence-electron chi connectivity index (χ4n) is 0.900. The predicted molar refractivity (Wildman–Crippen MR) is 43.0 cm³/mol. The lowest BCUT2D eigenvalue weighted by Crippen LogP contribution is -2.03. The Morgan fingerprint density at radius 1 is 1.00 bits per heavy atom. The summed E-state index contributed by atoms with van der Waals surface area (Å²) in [4.78, 5) is -0.973. The molecular weight excluding hydrogens is 242 g/mol. The van der Waals surface area contributed by atoms with E-state index in [1.807, 2.05) is 0 Å². The van der Waals surface area contributed by atoms with E-state index < -0.39 is 39.6 Å². The van der Waals surface area contributed by atoms with Crippen molar-refractivity contribution >= 4 is 11.8 Å². The van der Waals surface area contributed by atoms with Gasteiger partial charge in [-0.05, 0) is 30.3 Å². The Labute approximate surface area is 85.3 Å². The molecule has 1 aromatic rings. The van der Waals surface area contributed by atoms with Crippen LogP contribution < -0.4 is 0 Å². The van der Waals surface area contributed by atoms with Gasteiger partial charge in [0.1, 0.15) is 0 Å². The molecular formula is C8H4F6S. The van der Waals surface area contributed by atoms with Gasteiger partial charge >= 0.3 is 5.51 Å². The Morgan fingerprint density at radius 3 is 2.00 bits per heavy atom. The summed E-state index contributed by atoms with van der Waals surface area (Å²) < 4.78 is 73.8. The Kier molecular flexibility index (Phi) is 3.22. The minimum absolute atomic E-state index is 0.374. The molecule has 0 saturated heterocycles. The van der Waals surface area contributed by atoms with Crippen LogP contribution in [-0.2, 0) is 0 Å². The van der Waals surface area contributed by atoms with E-state index in [4.69, 9.17) is 0 Å². The number of thioether (sulfide) groups is 1. The van der Waals surface area contributed by atoms with Crippen molar-refractivity contribution in [2.75, 3.05) is 0 Å². The highest BCUT2D eigenvalue weighted by Gasteiger charge is 2.32. The van der Waals surface area contributed by atoms with Crippen molar-refractivity contribution < 1.29 is 26.3 Å². The molecule has 0 amide bonds. The second kappa shape index (κ2) is 3.96. The first-order chi connectivity index (χ1) is 6.72. The van der Waals surface area contributed by atoms with E-state index in [9.17, 15) is 26.3 Å². The number of hydrogen-bond donors (Lipinski definition) is 0. The lowest BCUT2D eigenvalue weighted by molar-refractivity contribution is -0.0329. The largest absolute Gasteiger partial charge is 0.446 e. The number of alkyl halides is 3. The zero-order chi connectivity index (χ0) is 11.8. The van der Waals surface area contributed by atoms with E-state index in [-0.39, 0.29) is 5.56 Å². The Bertz CT molecular complexity index is 384. The molecule has 0 N–H and O–H groups in total. The van der Waals surface area contributed by atoms with E-state index in [0.717, 1.165) is 6.92 Å². The van der Waals surface area contributed by atoms with Gasteiger partial charge in [-0.3, -0.25) is 0 Å². The van der Waals surface area contributed by atoms with Crippen molar-refractivity contribution in [3.63, 3.8) is 0 Å². The van der Waals surface area contributed by atoms with Gasteiger partial charge < -0.3 is 0 Å². The van der Waals surface area contributed by atoms with Crippen LogP contribution >= 0.6 is 11.8 Å². The summed E-state index contributed by atoms with van der Waals surface area (Å²) in [7, 11) is 0. The monoisotopic (exact) mass is 246 g/mol. The third-order valence-electron chi connectivity index (χ3n) is 1.52. The quantitative estimate of drug-likeness (QED) is 0.409. The smallest absolute Gasteiger partial charge is 0.203 e. The van der Waals surface area contributed by atoms with Crippen molar-refractivity contribution in [2.45, 2.75) is 17.3 Å². The standard InChI is InChI=1S/C8H4F6S/c1-3-2-4(15-8(12,13)14)6(10)7(11)5(3)9/h2H,1H3. The maximum absolute atomic E-state index is 12.8. The van der Waals surface area contributed by atoms with Crippen LogP contribution in [0.3, 0.4) is 0 Å². The number of hydrogen-bond acceptors (Lipinski definition) is 1. The minimum Gasteiger partial charge on any atom is -0.203 e. The Morgan fingerprint density at radius 2 is 1.53 bits per heavy atom. The fourth-order valence-corrected chi connectivity index (χ4v) is 1.56. The van der Waals surface area contributed by atoms with Crippen LogP contribution in [0.1, 0.15) is 5.56 Å². The van der Waals surface area contributed by atoms with Crippen LogP contribution in [0, 0.1) is 24.4 Å². The topological polar surface area (TPSA) is 0 Å². The molecule has 15 heavy (non-hydrogen) atoms. The highest BCUT2D eigenvalue weighted by atomic mass is 32.2. The zero-order valence-corrected chi connectivity index (χ0v) is 8.07. The highest BCUT2D eigenvalue weighted by molar-refractivity contribution is 8.00. The molecule has 0 saturated carbocycles. The molecule has 1 aromatic carbocycles. The minimum atomic E-state index is -4.74. The van der Waals surface area contributed by atoms with Gasteiger partial charge in [-0.1, -0.05) is 0 Å². The number of rotatable bonds is 1. The summed E-state index contributed by atoms with van der Waals surface area (Å²) in [5, 5.41) is 0. The van der Waals surface area contributed by atoms with Crippen molar-refractivity contribution in [1.82, 2.24) is 0 Å². The van der Waals surface area contributed by atoms with Crippen LogP contribution in [-0.4, -0.2) is 5.51 Å². The molecule has 0 radical (unpaired) electrons. The van der Waals surface area contributed by atoms with E-state index in [1.165, 1.54) is 0 Å². The zero-order valence-electron chi connectivity index (χ0n) is 7.25. The van der Waals surface area contributed by atoms with Gasteiger partial charge in [0.25, 0.3) is 0 Å². The lowest BCUT2D eigenvalue weighted by Gasteiger charge is -2.08. The van der Waals surface area contributed by atoms with Crippen molar-refractivity contribution in [3.8, 4) is 0 Å². The third-order valence-corrected chi connectivity index (χ3v) is 2.27. The first-order valence-electron chi connectivity index (χ1n) is 3.62. The van der Waals surface area contributed by atoms with Crippen LogP contribution in [0.25, 0.3) is 0 Å². The van der Waals surface area contributed by atoms with Crippen molar-refractivity contribution in [2.24, 2.45) is 0 Å². The molecule has 0 spiro atoms. The summed E-state index contributed by atoms with van der Waals surface area (Å²) >= 11 is -0.817. The number of benzene rings is 1. The highest BCUT2D eigenvalue weighted by Crippen LogP contribution is 2.39. The van der Waals surface area contributed by atoms with Crippen LogP contribution in [0.2, 0.25) is 0 Å². The third kappa shape index (κ3) is 2.80. The molecule has 84 valence electrons. The van der Waals surface area contributed by atoms with Gasteiger partial charge in [0.05, 0.1) is 4.90 Å². The number of aryl methyl sites for hydroxylation is 1. The van der Waals surface area contributed by atoms with Gasteiger partial charge in [0.2, 0.25) is 0 Å². The van der Waals surface area contributed by atoms with Crippen LogP contribution in [0.4, 0.5) is 26.3 Å². The summed E-state index contributed by atoms with van der Waals surface area (Å²) in [6.45, 7) is 1.05. The predicted octanol–water partition coefficient (Wildman–Crippen LogP) is 4.02. The molecule has 0 aromatic heterocycles. The van der Waals surface area contributed by atoms with Gasteiger partial charge in [0, 0.05) is 0 Å². The average Bonchev–Trinajstić information content (AvgIpc) is 2.08. The van der Waals surface area contributed by atoms with Crippen LogP contribution in [0.15, 0.2) is 11.0 Å². The van der Waals surface area contributed by atoms with Gasteiger partial charge in [-0.2, -0.15) is 13.2 Å². The number of halogens is 6. The average molecular weight is 246 g/mol. The second-order valence-electron chi connectivity index (χ2n) is 2.68. The molecule has 0 nitrogen and oxygen atoms in total. The Balaban J connectivity index is 3.21. The molecule has 0 aliphatic heterocycles. The molecule has 0 aliphatic carbocycles. The first kappa shape index (κ1) is 12.2. The normalized spacial score (nSPS) is 11.9. The first-order valence-corrected chi connectivity index (χ1v) is 4.44. The summed E-state index contributed by atoms with van der Waals surface area (Å²) in [5.74, 6) is -5.18. The van der Waals surface area contributed by atoms with Gasteiger partial charge in [0.15, 0.2) is 17.5 Å². The maximum atomic E-state index is 12.8. The van der Waals surface area contributed by atoms with Gasteiger partial charge in [-0.15, -0.1) is 0 Å². The SMILES string of the molecule is Cc1cc(SC(F)(F)F)c(F)c(F)c1F. The molecule has 0 heterocycles. The second-order valence-corrected chi connectivity index (χ2v) is 3.79.